The highest BCUT2D eigenvalue weighted by atomic mass is 32.2. The molecule has 0 spiro atoms. The number of carbonyl (C=O) groups excluding carboxylic acids is 1. The third-order valence-electron chi connectivity index (χ3n) is 4.42. The summed E-state index contributed by atoms with van der Waals surface area (Å²) in [5, 5.41) is 0. The van der Waals surface area contributed by atoms with E-state index in [1.54, 1.807) is 0 Å². The van der Waals surface area contributed by atoms with Gasteiger partial charge in [-0.15, -0.1) is 0 Å². The highest BCUT2D eigenvalue weighted by molar-refractivity contribution is 7.99. The van der Waals surface area contributed by atoms with Crippen molar-refractivity contribution in [2.45, 2.75) is 57.9 Å². The lowest BCUT2D eigenvalue weighted by atomic mass is 9.82. The minimum Gasteiger partial charge on any atom is -0.300 e. The molecular weight excluding hydrogens is 242 g/mol. The first-order valence-electron chi connectivity index (χ1n) is 7.67. The Balaban J connectivity index is 1.80. The molecule has 2 atom stereocenters. The number of ketones is 1. The van der Waals surface area contributed by atoms with Crippen LogP contribution in [-0.2, 0) is 4.79 Å². The molecule has 0 aromatic carbocycles. The first-order valence-corrected chi connectivity index (χ1v) is 8.83. The third-order valence-corrected chi connectivity index (χ3v) is 5.40. The maximum atomic E-state index is 12.1. The van der Waals surface area contributed by atoms with Crippen molar-refractivity contribution in [2.75, 3.05) is 24.6 Å². The van der Waals surface area contributed by atoms with E-state index in [0.29, 0.717) is 17.7 Å². The number of thioether (sulfide) groups is 1. The zero-order chi connectivity index (χ0) is 12.8. The number of hydrogen-bond donors (Lipinski definition) is 0. The van der Waals surface area contributed by atoms with Crippen LogP contribution in [0.15, 0.2) is 0 Å². The Labute approximate surface area is 116 Å². The first kappa shape index (κ1) is 14.4. The fourth-order valence-corrected chi connectivity index (χ4v) is 4.14. The molecule has 0 radical (unpaired) electrons. The molecule has 18 heavy (non-hydrogen) atoms. The van der Waals surface area contributed by atoms with Gasteiger partial charge in [-0.2, -0.15) is 11.8 Å². The molecule has 0 aromatic rings. The first-order chi connectivity index (χ1) is 8.83. The van der Waals surface area contributed by atoms with Crippen LogP contribution in [-0.4, -0.2) is 41.3 Å². The zero-order valence-corrected chi connectivity index (χ0v) is 12.5. The molecule has 1 saturated carbocycles. The van der Waals surface area contributed by atoms with Crippen molar-refractivity contribution in [3.63, 3.8) is 0 Å². The van der Waals surface area contributed by atoms with E-state index in [2.05, 4.69) is 11.8 Å². The fourth-order valence-electron chi connectivity index (χ4n) is 3.52. The van der Waals surface area contributed by atoms with E-state index in [-0.39, 0.29) is 0 Å². The van der Waals surface area contributed by atoms with Crippen molar-refractivity contribution >= 4 is 17.5 Å². The summed E-state index contributed by atoms with van der Waals surface area (Å²) in [5.74, 6) is 3.43. The van der Waals surface area contributed by atoms with Gasteiger partial charge in [0, 0.05) is 18.4 Å². The van der Waals surface area contributed by atoms with Crippen LogP contribution >= 0.6 is 11.8 Å². The van der Waals surface area contributed by atoms with Crippen LogP contribution < -0.4 is 0 Å². The number of nitrogens with zero attached hydrogens (tertiary/aromatic N) is 1. The molecule has 0 amide bonds. The van der Waals surface area contributed by atoms with E-state index >= 15 is 0 Å². The molecule has 3 heteroatoms. The second kappa shape index (κ2) is 7.54. The van der Waals surface area contributed by atoms with Gasteiger partial charge in [-0.1, -0.05) is 13.3 Å². The fraction of sp³-hybridized carbons (Fsp3) is 0.933. The van der Waals surface area contributed by atoms with Crippen LogP contribution in [0.1, 0.15) is 51.9 Å². The standard InChI is InChI=1S/C15H27NOS/c1-2-18-12-6-11-16-10-5-8-14(16)13-7-3-4-9-15(13)17/h13-14H,2-12H2,1H3. The average molecular weight is 269 g/mol. The summed E-state index contributed by atoms with van der Waals surface area (Å²) in [6.45, 7) is 4.66. The molecule has 2 aliphatic rings. The van der Waals surface area contributed by atoms with Crippen LogP contribution in [0.4, 0.5) is 0 Å². The molecule has 0 N–H and O–H groups in total. The van der Waals surface area contributed by atoms with E-state index in [9.17, 15) is 4.79 Å². The van der Waals surface area contributed by atoms with E-state index in [1.807, 2.05) is 11.8 Å². The Kier molecular flexibility index (Phi) is 6.03. The minimum atomic E-state index is 0.375. The largest absolute Gasteiger partial charge is 0.300 e. The van der Waals surface area contributed by atoms with Gasteiger partial charge in [0.05, 0.1) is 0 Å². The lowest BCUT2D eigenvalue weighted by molar-refractivity contribution is -0.126. The van der Waals surface area contributed by atoms with Gasteiger partial charge < -0.3 is 0 Å². The molecule has 2 nitrogen and oxygen atoms in total. The number of likely N-dealkylation sites (tertiary alicyclic amines) is 1. The normalized spacial score (nSPS) is 29.9. The Morgan fingerprint density at radius 2 is 2.17 bits per heavy atom. The summed E-state index contributed by atoms with van der Waals surface area (Å²) in [6.07, 6.45) is 8.26. The van der Waals surface area contributed by atoms with Gasteiger partial charge in [0.2, 0.25) is 0 Å². The van der Waals surface area contributed by atoms with Gasteiger partial charge in [-0.05, 0) is 56.7 Å². The highest BCUT2D eigenvalue weighted by Gasteiger charge is 2.36. The van der Waals surface area contributed by atoms with Crippen molar-refractivity contribution in [3.8, 4) is 0 Å². The summed E-state index contributed by atoms with van der Waals surface area (Å²) in [4.78, 5) is 14.7. The predicted molar refractivity (Wildman–Crippen MR) is 79.2 cm³/mol. The second-order valence-corrected chi connectivity index (χ2v) is 7.01. The van der Waals surface area contributed by atoms with Crippen LogP contribution in [0.3, 0.4) is 0 Å². The van der Waals surface area contributed by atoms with Crippen LogP contribution in [0.5, 0.6) is 0 Å². The van der Waals surface area contributed by atoms with E-state index in [0.717, 1.165) is 19.3 Å². The summed E-state index contributed by atoms with van der Waals surface area (Å²) in [6, 6.07) is 0.587. The van der Waals surface area contributed by atoms with Crippen LogP contribution in [0, 0.1) is 5.92 Å². The van der Waals surface area contributed by atoms with E-state index < -0.39 is 0 Å². The van der Waals surface area contributed by atoms with Gasteiger partial charge in [0.1, 0.15) is 5.78 Å². The van der Waals surface area contributed by atoms with Crippen molar-refractivity contribution < 1.29 is 4.79 Å². The highest BCUT2D eigenvalue weighted by Crippen LogP contribution is 2.32. The Hall–Kier alpha value is -0.0200. The Bertz CT molecular complexity index is 269. The molecule has 1 saturated heterocycles. The maximum absolute atomic E-state index is 12.1. The molecule has 2 fully saturated rings. The van der Waals surface area contributed by atoms with Crippen LogP contribution in [0.25, 0.3) is 0 Å². The second-order valence-electron chi connectivity index (χ2n) is 5.61. The minimum absolute atomic E-state index is 0.375. The topological polar surface area (TPSA) is 20.3 Å². The Morgan fingerprint density at radius 3 is 2.94 bits per heavy atom. The number of rotatable bonds is 6. The molecule has 0 aromatic heterocycles. The van der Waals surface area contributed by atoms with E-state index in [1.165, 1.54) is 50.3 Å². The van der Waals surface area contributed by atoms with Crippen LogP contribution in [0.2, 0.25) is 0 Å². The number of carbonyl (C=O) groups is 1. The van der Waals surface area contributed by atoms with Gasteiger partial charge in [-0.3, -0.25) is 9.69 Å². The molecule has 0 bridgehead atoms. The maximum Gasteiger partial charge on any atom is 0.137 e. The molecule has 2 rings (SSSR count). The van der Waals surface area contributed by atoms with Gasteiger partial charge in [-0.25, -0.2) is 0 Å². The summed E-state index contributed by atoms with van der Waals surface area (Å²) in [5.41, 5.74) is 0. The quantitative estimate of drug-likeness (QED) is 0.690. The molecule has 1 aliphatic carbocycles. The molecule has 1 heterocycles. The lowest BCUT2D eigenvalue weighted by Gasteiger charge is -2.33. The molecular formula is C15H27NOS. The average Bonchev–Trinajstić information content (AvgIpc) is 2.83. The molecule has 2 unspecified atom stereocenters. The van der Waals surface area contributed by atoms with Crippen molar-refractivity contribution in [1.29, 1.82) is 0 Å². The summed E-state index contributed by atoms with van der Waals surface area (Å²) < 4.78 is 0. The smallest absolute Gasteiger partial charge is 0.137 e. The third kappa shape index (κ3) is 3.74. The SMILES string of the molecule is CCSCCCN1CCCC1C1CCCCC1=O. The van der Waals surface area contributed by atoms with Crippen molar-refractivity contribution in [3.05, 3.63) is 0 Å². The summed E-state index contributed by atoms with van der Waals surface area (Å²) >= 11 is 2.04. The van der Waals surface area contributed by atoms with Crippen molar-refractivity contribution in [1.82, 2.24) is 4.90 Å². The molecule has 104 valence electrons. The molecule has 1 aliphatic heterocycles. The van der Waals surface area contributed by atoms with E-state index in [4.69, 9.17) is 0 Å². The summed E-state index contributed by atoms with van der Waals surface area (Å²) in [7, 11) is 0. The predicted octanol–water partition coefficient (Wildman–Crippen LogP) is 3.35. The number of hydrogen-bond acceptors (Lipinski definition) is 3. The van der Waals surface area contributed by atoms with Gasteiger partial charge in [0.25, 0.3) is 0 Å². The van der Waals surface area contributed by atoms with Crippen molar-refractivity contribution in [2.24, 2.45) is 5.92 Å². The number of Topliss-reactive ketones (excluding diaryl/α,β-unsaturated/α-hetero) is 1. The monoisotopic (exact) mass is 269 g/mol. The Morgan fingerprint density at radius 1 is 1.28 bits per heavy atom. The van der Waals surface area contributed by atoms with Gasteiger partial charge >= 0.3 is 0 Å². The lowest BCUT2D eigenvalue weighted by Crippen LogP contribution is -2.41. The zero-order valence-electron chi connectivity index (χ0n) is 11.7. The van der Waals surface area contributed by atoms with Gasteiger partial charge in [0.15, 0.2) is 0 Å².